The van der Waals surface area contributed by atoms with Gasteiger partial charge in [0.2, 0.25) is 0 Å². The summed E-state index contributed by atoms with van der Waals surface area (Å²) in [7, 11) is 1.95. The van der Waals surface area contributed by atoms with Gasteiger partial charge >= 0.3 is 6.03 Å². The number of amides is 2. The molecule has 0 aromatic carbocycles. The molecule has 1 aliphatic rings. The number of aryl methyl sites for hydroxylation is 1. The van der Waals surface area contributed by atoms with Gasteiger partial charge in [-0.3, -0.25) is 0 Å². The average Bonchev–Trinajstić information content (AvgIpc) is 3.10. The molecule has 0 saturated carbocycles. The summed E-state index contributed by atoms with van der Waals surface area (Å²) in [6.45, 7) is 0.638. The molecule has 0 radical (unpaired) electrons. The van der Waals surface area contributed by atoms with Crippen LogP contribution in [0.4, 0.5) is 10.5 Å². The number of hydrogen-bond donors (Lipinski definition) is 2. The van der Waals surface area contributed by atoms with Crippen molar-refractivity contribution in [2.75, 3.05) is 11.9 Å². The Labute approximate surface area is 127 Å². The van der Waals surface area contributed by atoms with E-state index in [4.69, 9.17) is 4.74 Å². The Morgan fingerprint density at radius 3 is 3.19 bits per heavy atom. The topological polar surface area (TPSA) is 68.2 Å². The van der Waals surface area contributed by atoms with Crippen LogP contribution < -0.4 is 10.6 Å². The van der Waals surface area contributed by atoms with E-state index in [0.717, 1.165) is 24.2 Å². The number of ether oxygens (including phenoxy) is 1. The maximum absolute atomic E-state index is 12.0. The van der Waals surface area contributed by atoms with Gasteiger partial charge in [-0.1, -0.05) is 0 Å². The van der Waals surface area contributed by atoms with Crippen LogP contribution in [0.5, 0.6) is 0 Å². The predicted molar refractivity (Wildman–Crippen MR) is 81.4 cm³/mol. The van der Waals surface area contributed by atoms with Gasteiger partial charge in [0.1, 0.15) is 6.10 Å². The van der Waals surface area contributed by atoms with Crippen molar-refractivity contribution in [3.05, 3.63) is 35.0 Å². The van der Waals surface area contributed by atoms with Gasteiger partial charge in [0.05, 0.1) is 23.9 Å². The molecule has 0 unspecified atom stereocenters. The van der Waals surface area contributed by atoms with E-state index in [1.54, 1.807) is 17.7 Å². The van der Waals surface area contributed by atoms with Crippen LogP contribution in [0.3, 0.4) is 0 Å². The van der Waals surface area contributed by atoms with Crippen LogP contribution in [0.15, 0.2) is 29.4 Å². The van der Waals surface area contributed by atoms with Gasteiger partial charge < -0.3 is 19.9 Å². The number of urea groups is 1. The molecule has 2 N–H and O–H groups in total. The highest BCUT2D eigenvalue weighted by Gasteiger charge is 2.26. The first kappa shape index (κ1) is 14.1. The number of carbonyl (C=O) groups is 1. The first-order valence-electron chi connectivity index (χ1n) is 6.90. The summed E-state index contributed by atoms with van der Waals surface area (Å²) >= 11 is 1.56. The number of nitrogens with zero attached hydrogens (tertiary/aromatic N) is 2. The predicted octanol–water partition coefficient (Wildman–Crippen LogP) is 2.52. The molecule has 112 valence electrons. The van der Waals surface area contributed by atoms with E-state index in [1.165, 1.54) is 0 Å². The zero-order valence-corrected chi connectivity index (χ0v) is 12.6. The lowest BCUT2D eigenvalue weighted by Gasteiger charge is -2.30. The third kappa shape index (κ3) is 3.43. The van der Waals surface area contributed by atoms with E-state index >= 15 is 0 Å². The zero-order chi connectivity index (χ0) is 14.7. The van der Waals surface area contributed by atoms with Crippen LogP contribution in [0, 0.1) is 0 Å². The molecule has 1 aliphatic heterocycles. The van der Waals surface area contributed by atoms with Crippen LogP contribution in [-0.2, 0) is 11.8 Å². The standard InChI is InChI=1S/C14H18N4O2S/c1-18-9-15-7-12(18)13-6-10(2-4-20-13)16-14(19)17-11-3-5-21-8-11/h3,5,7-10,13H,2,4,6H2,1H3,(H2,16,17,19)/t10-,13-/m1/s1. The highest BCUT2D eigenvalue weighted by atomic mass is 32.1. The Bertz CT molecular complexity index is 596. The van der Waals surface area contributed by atoms with Gasteiger partial charge in [-0.25, -0.2) is 9.78 Å². The van der Waals surface area contributed by atoms with Gasteiger partial charge in [-0.2, -0.15) is 11.3 Å². The average molecular weight is 306 g/mol. The van der Waals surface area contributed by atoms with E-state index in [-0.39, 0.29) is 18.2 Å². The first-order valence-corrected chi connectivity index (χ1v) is 7.84. The fourth-order valence-corrected chi connectivity index (χ4v) is 3.09. The Kier molecular flexibility index (Phi) is 4.21. The monoisotopic (exact) mass is 306 g/mol. The normalized spacial score (nSPS) is 22.0. The molecular formula is C14H18N4O2S. The second-order valence-electron chi connectivity index (χ2n) is 5.12. The van der Waals surface area contributed by atoms with Crippen molar-refractivity contribution in [3.63, 3.8) is 0 Å². The molecule has 2 aromatic rings. The molecule has 7 heteroatoms. The molecule has 3 rings (SSSR count). The number of imidazole rings is 1. The summed E-state index contributed by atoms with van der Waals surface area (Å²) in [4.78, 5) is 16.1. The molecule has 1 saturated heterocycles. The van der Waals surface area contributed by atoms with Gasteiger partial charge in [-0.15, -0.1) is 0 Å². The number of hydrogen-bond acceptors (Lipinski definition) is 4. The minimum Gasteiger partial charge on any atom is -0.372 e. The van der Waals surface area contributed by atoms with Gasteiger partial charge in [0.15, 0.2) is 0 Å². The Morgan fingerprint density at radius 1 is 1.57 bits per heavy atom. The number of rotatable bonds is 3. The van der Waals surface area contributed by atoms with Crippen LogP contribution in [-0.4, -0.2) is 28.2 Å². The fourth-order valence-electron chi connectivity index (χ4n) is 2.50. The molecule has 0 bridgehead atoms. The summed E-state index contributed by atoms with van der Waals surface area (Å²) in [6.07, 6.45) is 5.15. The number of carbonyl (C=O) groups excluding carboxylic acids is 1. The molecule has 6 nitrogen and oxygen atoms in total. The summed E-state index contributed by atoms with van der Waals surface area (Å²) in [5.74, 6) is 0. The molecule has 2 atom stereocenters. The highest BCUT2D eigenvalue weighted by molar-refractivity contribution is 7.08. The first-order chi connectivity index (χ1) is 10.2. The minimum absolute atomic E-state index is 0.0160. The van der Waals surface area contributed by atoms with E-state index in [0.29, 0.717) is 6.61 Å². The fraction of sp³-hybridized carbons (Fsp3) is 0.429. The van der Waals surface area contributed by atoms with Gasteiger partial charge in [0.25, 0.3) is 0 Å². The summed E-state index contributed by atoms with van der Waals surface area (Å²) < 4.78 is 7.75. The maximum atomic E-state index is 12.0. The van der Waals surface area contributed by atoms with Crippen molar-refractivity contribution < 1.29 is 9.53 Å². The number of nitrogens with one attached hydrogen (secondary N) is 2. The van der Waals surface area contributed by atoms with Crippen molar-refractivity contribution in [3.8, 4) is 0 Å². The Morgan fingerprint density at radius 2 is 2.48 bits per heavy atom. The maximum Gasteiger partial charge on any atom is 0.319 e. The van der Waals surface area contributed by atoms with Gasteiger partial charge in [0, 0.05) is 25.1 Å². The largest absolute Gasteiger partial charge is 0.372 e. The van der Waals surface area contributed by atoms with E-state index < -0.39 is 0 Å². The number of thiophene rings is 1. The summed E-state index contributed by atoms with van der Waals surface area (Å²) in [6, 6.07) is 1.83. The van der Waals surface area contributed by atoms with Crippen LogP contribution in [0.1, 0.15) is 24.6 Å². The van der Waals surface area contributed by atoms with E-state index in [1.807, 2.05) is 34.6 Å². The van der Waals surface area contributed by atoms with Crippen molar-refractivity contribution in [2.24, 2.45) is 7.05 Å². The van der Waals surface area contributed by atoms with E-state index in [9.17, 15) is 4.79 Å². The summed E-state index contributed by atoms with van der Waals surface area (Å²) in [5.41, 5.74) is 1.87. The van der Waals surface area contributed by atoms with Crippen molar-refractivity contribution >= 4 is 23.1 Å². The van der Waals surface area contributed by atoms with E-state index in [2.05, 4.69) is 15.6 Å². The lowest BCUT2D eigenvalue weighted by atomic mass is 10.0. The number of aromatic nitrogens is 2. The van der Waals surface area contributed by atoms with Crippen LogP contribution >= 0.6 is 11.3 Å². The molecule has 21 heavy (non-hydrogen) atoms. The highest BCUT2D eigenvalue weighted by Crippen LogP contribution is 2.27. The number of anilines is 1. The zero-order valence-electron chi connectivity index (χ0n) is 11.8. The molecule has 0 spiro atoms. The molecular weight excluding hydrogens is 288 g/mol. The SMILES string of the molecule is Cn1cncc1[C@H]1C[C@H](NC(=O)Nc2ccsc2)CCO1. The van der Waals surface area contributed by atoms with Crippen molar-refractivity contribution in [2.45, 2.75) is 25.0 Å². The van der Waals surface area contributed by atoms with Crippen molar-refractivity contribution in [1.29, 1.82) is 0 Å². The molecule has 1 fully saturated rings. The van der Waals surface area contributed by atoms with Crippen molar-refractivity contribution in [1.82, 2.24) is 14.9 Å². The summed E-state index contributed by atoms with van der Waals surface area (Å²) in [5, 5.41) is 9.68. The molecule has 2 aromatic heterocycles. The minimum atomic E-state index is -0.163. The third-order valence-electron chi connectivity index (χ3n) is 3.58. The Balaban J connectivity index is 1.56. The van der Waals surface area contributed by atoms with Gasteiger partial charge in [-0.05, 0) is 24.3 Å². The third-order valence-corrected chi connectivity index (χ3v) is 4.27. The van der Waals surface area contributed by atoms with Crippen LogP contribution in [0.2, 0.25) is 0 Å². The lowest BCUT2D eigenvalue weighted by Crippen LogP contribution is -2.42. The quantitative estimate of drug-likeness (QED) is 0.915. The van der Waals surface area contributed by atoms with Crippen LogP contribution in [0.25, 0.3) is 0 Å². The molecule has 2 amide bonds. The second-order valence-corrected chi connectivity index (χ2v) is 5.90. The molecule has 3 heterocycles. The lowest BCUT2D eigenvalue weighted by molar-refractivity contribution is -0.00151. The smallest absolute Gasteiger partial charge is 0.319 e. The second kappa shape index (κ2) is 6.28. The molecule has 0 aliphatic carbocycles. The Hall–Kier alpha value is -1.86.